The Labute approximate surface area is 219 Å². The lowest BCUT2D eigenvalue weighted by atomic mass is 9.90. The molecular weight excluding hydrogens is 440 g/mol. The molecule has 0 radical (unpaired) electrons. The van der Waals surface area contributed by atoms with E-state index in [1.54, 1.807) is 12.1 Å². The largest absolute Gasteiger partial charge is 0.437 e. The van der Waals surface area contributed by atoms with Crippen LogP contribution in [0.25, 0.3) is 55.6 Å². The van der Waals surface area contributed by atoms with Crippen LogP contribution in [0.4, 0.5) is 0 Å². The van der Waals surface area contributed by atoms with E-state index in [1.165, 1.54) is 29.0 Å². The third-order valence-corrected chi connectivity index (χ3v) is 6.83. The minimum Gasteiger partial charge on any atom is -0.437 e. The van der Waals surface area contributed by atoms with Gasteiger partial charge >= 0.3 is 0 Å². The normalized spacial score (nSPS) is 14.6. The summed E-state index contributed by atoms with van der Waals surface area (Å²) in [6.07, 6.45) is 1.42. The molecule has 0 unspecified atom stereocenters. The van der Waals surface area contributed by atoms with Crippen molar-refractivity contribution in [3.8, 4) is 33.5 Å². The molecule has 36 heavy (non-hydrogen) atoms. The summed E-state index contributed by atoms with van der Waals surface area (Å²) in [5.74, 6) is 0. The Morgan fingerprint density at radius 3 is 2.31 bits per heavy atom. The lowest BCUT2D eigenvalue weighted by Gasteiger charge is -2.15. The Balaban J connectivity index is 1.53. The molecule has 6 rings (SSSR count). The molecular formula is C33H28N2O. The topological polar surface area (TPSA) is 38.9 Å². The van der Waals surface area contributed by atoms with Crippen molar-refractivity contribution in [3.05, 3.63) is 107 Å². The lowest BCUT2D eigenvalue weighted by Crippen LogP contribution is -1.94. The molecule has 0 atom stereocenters. The number of pyridine rings is 2. The van der Waals surface area contributed by atoms with Gasteiger partial charge in [0.1, 0.15) is 5.58 Å². The molecule has 0 N–H and O–H groups in total. The zero-order valence-electron chi connectivity index (χ0n) is 26.3. The van der Waals surface area contributed by atoms with Crippen LogP contribution >= 0.6 is 0 Å². The second-order valence-electron chi connectivity index (χ2n) is 9.25. The van der Waals surface area contributed by atoms with Crippen LogP contribution in [0, 0.1) is 34.5 Å². The second kappa shape index (κ2) is 8.46. The van der Waals surface area contributed by atoms with Gasteiger partial charge < -0.3 is 4.42 Å². The van der Waals surface area contributed by atoms with Crippen molar-refractivity contribution in [2.75, 3.05) is 0 Å². The minimum atomic E-state index is -2.38. The van der Waals surface area contributed by atoms with Crippen LogP contribution in [0.5, 0.6) is 0 Å². The maximum Gasteiger partial charge on any atom is 0.227 e. The number of aryl methyl sites for hydroxylation is 5. The number of fused-ring (bicyclic) bond motifs is 3. The molecule has 176 valence electrons. The molecule has 3 aromatic carbocycles. The highest BCUT2D eigenvalue weighted by Gasteiger charge is 2.16. The molecule has 6 aromatic rings. The Kier molecular flexibility index (Phi) is 3.86. The van der Waals surface area contributed by atoms with E-state index in [9.17, 15) is 0 Å². The van der Waals surface area contributed by atoms with E-state index in [2.05, 4.69) is 42.0 Å². The van der Waals surface area contributed by atoms with Crippen LogP contribution in [0.15, 0.2) is 83.4 Å². The summed E-state index contributed by atoms with van der Waals surface area (Å²) in [5.41, 5.74) is 8.97. The average molecular weight is 475 g/mol. The van der Waals surface area contributed by atoms with Crippen molar-refractivity contribution in [1.29, 1.82) is 0 Å². The van der Waals surface area contributed by atoms with E-state index in [0.717, 1.165) is 22.1 Å². The molecule has 0 spiro atoms. The summed E-state index contributed by atoms with van der Waals surface area (Å²) in [7, 11) is 0. The van der Waals surface area contributed by atoms with Crippen molar-refractivity contribution >= 4 is 22.1 Å². The quantitative estimate of drug-likeness (QED) is 0.257. The summed E-state index contributed by atoms with van der Waals surface area (Å²) in [6.45, 7) is 1.43. The first-order chi connectivity index (χ1) is 19.8. The van der Waals surface area contributed by atoms with Gasteiger partial charge in [0.25, 0.3) is 0 Å². The van der Waals surface area contributed by atoms with Crippen molar-refractivity contribution in [2.24, 2.45) is 0 Å². The summed E-state index contributed by atoms with van der Waals surface area (Å²) in [4.78, 5) is 8.83. The van der Waals surface area contributed by atoms with Crippen molar-refractivity contribution in [2.45, 2.75) is 34.5 Å². The van der Waals surface area contributed by atoms with Gasteiger partial charge in [0.05, 0.1) is 5.69 Å². The third-order valence-electron chi connectivity index (χ3n) is 6.83. The van der Waals surface area contributed by atoms with Crippen LogP contribution in [-0.2, 0) is 0 Å². The maximum atomic E-state index is 8.24. The highest BCUT2D eigenvalue weighted by Crippen LogP contribution is 2.38. The van der Waals surface area contributed by atoms with E-state index in [-0.39, 0.29) is 17.0 Å². The Morgan fingerprint density at radius 1 is 0.694 bits per heavy atom. The Hall–Kier alpha value is -4.24. The van der Waals surface area contributed by atoms with Crippen LogP contribution in [0.2, 0.25) is 0 Å². The van der Waals surface area contributed by atoms with Crippen LogP contribution < -0.4 is 0 Å². The van der Waals surface area contributed by atoms with Gasteiger partial charge in [0, 0.05) is 36.5 Å². The first kappa shape index (κ1) is 16.4. The zero-order valence-corrected chi connectivity index (χ0v) is 20.3. The fraction of sp³-hybridized carbons (Fsp3) is 0.152. The van der Waals surface area contributed by atoms with E-state index in [1.807, 2.05) is 43.3 Å². The van der Waals surface area contributed by atoms with Crippen LogP contribution in [0.1, 0.15) is 36.2 Å². The summed E-state index contributed by atoms with van der Waals surface area (Å²) in [6, 6.07) is 22.9. The molecule has 0 saturated heterocycles. The fourth-order valence-electron chi connectivity index (χ4n) is 5.10. The molecule has 0 saturated carbocycles. The standard InChI is InChI=1S/C33H28N2O/c1-19-8-6-9-20(2)31(19)24-13-15-25(21(3)16-24)29-17-30(34-18-22(29)4)28-11-7-10-26-27-14-12-23(5)35-33(27)36-32(26)28/h6-18H,1-5H3/i4D3,5D3. The number of furan rings is 1. The summed E-state index contributed by atoms with van der Waals surface area (Å²) < 4.78 is 54.0. The first-order valence-corrected chi connectivity index (χ1v) is 11.8. The molecule has 0 aliphatic carbocycles. The molecule has 0 fully saturated rings. The average Bonchev–Trinajstić information content (AvgIpc) is 3.30. The molecule has 3 heteroatoms. The Morgan fingerprint density at radius 2 is 1.53 bits per heavy atom. The van der Waals surface area contributed by atoms with Crippen LogP contribution in [-0.4, -0.2) is 9.97 Å². The fourth-order valence-corrected chi connectivity index (χ4v) is 5.10. The predicted molar refractivity (Wildman–Crippen MR) is 149 cm³/mol. The van der Waals surface area contributed by atoms with Crippen molar-refractivity contribution in [3.63, 3.8) is 0 Å². The number of hydrogen-bond donors (Lipinski definition) is 0. The first-order valence-electron chi connectivity index (χ1n) is 14.8. The van der Waals surface area contributed by atoms with Crippen molar-refractivity contribution < 1.29 is 12.6 Å². The smallest absolute Gasteiger partial charge is 0.227 e. The maximum absolute atomic E-state index is 8.24. The van der Waals surface area contributed by atoms with E-state index >= 15 is 0 Å². The van der Waals surface area contributed by atoms with E-state index < -0.39 is 13.7 Å². The number of rotatable bonds is 3. The van der Waals surface area contributed by atoms with Gasteiger partial charge in [-0.3, -0.25) is 4.98 Å². The van der Waals surface area contributed by atoms with Crippen LogP contribution in [0.3, 0.4) is 0 Å². The van der Waals surface area contributed by atoms with Gasteiger partial charge in [-0.05, 0) is 103 Å². The van der Waals surface area contributed by atoms with Gasteiger partial charge in [0.2, 0.25) is 5.71 Å². The highest BCUT2D eigenvalue weighted by atomic mass is 16.3. The molecule has 3 aromatic heterocycles. The summed E-state index contributed by atoms with van der Waals surface area (Å²) in [5, 5.41) is 1.46. The molecule has 3 heterocycles. The van der Waals surface area contributed by atoms with Gasteiger partial charge in [-0.2, -0.15) is 0 Å². The second-order valence-corrected chi connectivity index (χ2v) is 9.25. The predicted octanol–water partition coefficient (Wildman–Crippen LogP) is 8.92. The van der Waals surface area contributed by atoms with Gasteiger partial charge in [0.15, 0.2) is 0 Å². The number of hydrogen-bond acceptors (Lipinski definition) is 3. The van der Waals surface area contributed by atoms with Crippen molar-refractivity contribution in [1.82, 2.24) is 9.97 Å². The molecule has 3 nitrogen and oxygen atoms in total. The van der Waals surface area contributed by atoms with Gasteiger partial charge in [-0.15, -0.1) is 0 Å². The van der Waals surface area contributed by atoms with Gasteiger partial charge in [-0.25, -0.2) is 4.98 Å². The van der Waals surface area contributed by atoms with E-state index in [0.29, 0.717) is 27.8 Å². The zero-order chi connectivity index (χ0) is 30.0. The number of para-hydroxylation sites is 1. The SMILES string of the molecule is [2H]C([2H])([2H])c1ccc2c(n1)oc1c(-c3cc(-c4ccc(-c5c(C)cccc5C)cc4C)c(C([2H])([2H])[2H])cn3)cccc12. The Bertz CT molecular complexity index is 1980. The third kappa shape index (κ3) is 3.59. The molecule has 0 bridgehead atoms. The molecule has 0 aliphatic heterocycles. The number of benzene rings is 3. The summed E-state index contributed by atoms with van der Waals surface area (Å²) >= 11 is 0. The lowest BCUT2D eigenvalue weighted by molar-refractivity contribution is 0.653. The van der Waals surface area contributed by atoms with Gasteiger partial charge in [-0.1, -0.05) is 48.5 Å². The molecule has 0 amide bonds. The van der Waals surface area contributed by atoms with E-state index in [4.69, 9.17) is 12.6 Å². The number of nitrogens with zero attached hydrogens (tertiary/aromatic N) is 2. The minimum absolute atomic E-state index is 0.0436. The monoisotopic (exact) mass is 474 g/mol. The number of aromatic nitrogens is 2. The molecule has 0 aliphatic rings. The highest BCUT2D eigenvalue weighted by molar-refractivity contribution is 6.08.